The van der Waals surface area contributed by atoms with Crippen molar-refractivity contribution in [3.05, 3.63) is 46.0 Å². The van der Waals surface area contributed by atoms with Crippen molar-refractivity contribution in [3.8, 4) is 22.3 Å². The molecule has 0 amide bonds. The number of hydrogen-bond donors (Lipinski definition) is 2. The van der Waals surface area contributed by atoms with E-state index in [1.807, 2.05) is 6.07 Å². The van der Waals surface area contributed by atoms with Crippen LogP contribution in [0.3, 0.4) is 0 Å². The van der Waals surface area contributed by atoms with Gasteiger partial charge in [0.15, 0.2) is 0 Å². The summed E-state index contributed by atoms with van der Waals surface area (Å²) >= 11 is -1.04. The van der Waals surface area contributed by atoms with Gasteiger partial charge in [-0.3, -0.25) is 0 Å². The Hall–Kier alpha value is -2.27. The topological polar surface area (TPSA) is 110 Å². The van der Waals surface area contributed by atoms with Gasteiger partial charge in [0.25, 0.3) is 0 Å². The van der Waals surface area contributed by atoms with E-state index in [0.717, 1.165) is 119 Å². The van der Waals surface area contributed by atoms with E-state index < -0.39 is 66.2 Å². The summed E-state index contributed by atoms with van der Waals surface area (Å²) in [5.41, 5.74) is 4.84. The summed E-state index contributed by atoms with van der Waals surface area (Å²) in [6.07, 6.45) is 18.3. The van der Waals surface area contributed by atoms with E-state index in [4.69, 9.17) is 25.2 Å². The maximum atomic E-state index is 19.4. The summed E-state index contributed by atoms with van der Waals surface area (Å²) in [5.74, 6) is -0.724. The molecule has 2 aromatic heterocycles. The fourth-order valence-electron chi connectivity index (χ4n) is 11.6. The molecule has 1 fully saturated rings. The van der Waals surface area contributed by atoms with Crippen molar-refractivity contribution >= 4 is 77.2 Å². The molecule has 3 heterocycles. The van der Waals surface area contributed by atoms with Gasteiger partial charge in [0.2, 0.25) is 0 Å². The Kier molecular flexibility index (Phi) is 14.6. The van der Waals surface area contributed by atoms with Crippen molar-refractivity contribution < 1.29 is 28.1 Å². The number of nitrogens with zero attached hydrogens (tertiary/aromatic N) is 4. The Morgan fingerprint density at radius 2 is 0.906 bits per heavy atom. The fraction of sp³-hybridized carbons (Fsp3) is 0.640. The Morgan fingerprint density at radius 3 is 1.31 bits per heavy atom. The van der Waals surface area contributed by atoms with Crippen molar-refractivity contribution in [3.63, 3.8) is 0 Å². The first-order valence-corrected chi connectivity index (χ1v) is 27.7. The van der Waals surface area contributed by atoms with Crippen molar-refractivity contribution in [1.29, 1.82) is 0 Å². The number of rotatable bonds is 22. The van der Waals surface area contributed by atoms with Gasteiger partial charge >= 0.3 is 395 Å². The molecule has 0 unspecified atom stereocenters. The summed E-state index contributed by atoms with van der Waals surface area (Å²) in [7, 11) is -2.51. The number of benzene rings is 3. The van der Waals surface area contributed by atoms with E-state index >= 15 is 8.78 Å². The summed E-state index contributed by atoms with van der Waals surface area (Å²) in [5, 5.41) is 21.8. The summed E-state index contributed by atoms with van der Waals surface area (Å²) in [4.78, 5) is 0. The average molecular weight is 1010 g/mol. The molecule has 0 radical (unpaired) electrons. The summed E-state index contributed by atoms with van der Waals surface area (Å²) in [6, 6.07) is 4.01. The fourth-order valence-corrected chi connectivity index (χ4v) is 14.0. The van der Waals surface area contributed by atoms with Crippen LogP contribution in [0.2, 0.25) is 0 Å². The first-order chi connectivity index (χ1) is 30.7. The second-order valence-electron chi connectivity index (χ2n) is 20.2. The van der Waals surface area contributed by atoms with E-state index in [1.54, 1.807) is 0 Å². The average Bonchev–Trinajstić information content (AvgIpc) is 4.08. The Morgan fingerprint density at radius 1 is 0.531 bits per heavy atom. The molecule has 344 valence electrons. The van der Waals surface area contributed by atoms with E-state index in [2.05, 4.69) is 61.5 Å². The Bertz CT molecular complexity index is 2450. The molecule has 64 heavy (non-hydrogen) atoms. The quantitative estimate of drug-likeness (QED) is 0.0521. The van der Waals surface area contributed by atoms with Gasteiger partial charge in [0, 0.05) is 0 Å². The number of hydrogen-bond acceptors (Lipinski definition) is 8. The molecule has 1 aliphatic heterocycles. The van der Waals surface area contributed by atoms with Crippen LogP contribution in [0.25, 0.3) is 44.3 Å². The predicted molar refractivity (Wildman–Crippen MR) is 259 cm³/mol. The van der Waals surface area contributed by atoms with Gasteiger partial charge < -0.3 is 0 Å². The van der Waals surface area contributed by atoms with Crippen molar-refractivity contribution in [2.24, 2.45) is 0 Å². The van der Waals surface area contributed by atoms with Crippen molar-refractivity contribution in [2.45, 2.75) is 206 Å². The molecule has 5 aromatic rings. The zero-order valence-electron chi connectivity index (χ0n) is 39.5. The van der Waals surface area contributed by atoms with Crippen LogP contribution in [0.15, 0.2) is 12.1 Å². The van der Waals surface area contributed by atoms with Gasteiger partial charge in [-0.1, -0.05) is 0 Å². The van der Waals surface area contributed by atoms with E-state index in [9.17, 15) is 10.0 Å². The molecule has 1 saturated heterocycles. The molecule has 2 N–H and O–H groups in total. The van der Waals surface area contributed by atoms with Gasteiger partial charge in [0.1, 0.15) is 0 Å². The molecule has 3 aliphatic rings. The second-order valence-corrected chi connectivity index (χ2v) is 22.4. The molecule has 14 heteroatoms. The van der Waals surface area contributed by atoms with Crippen LogP contribution in [0, 0.1) is 11.6 Å². The third-order valence-electron chi connectivity index (χ3n) is 15.6. The van der Waals surface area contributed by atoms with Gasteiger partial charge in [-0.05, 0) is 0 Å². The number of unbranched alkanes of at least 4 members (excludes halogenated alkanes) is 12. The maximum absolute atomic E-state index is 19.4. The first kappa shape index (κ1) is 48.2. The summed E-state index contributed by atoms with van der Waals surface area (Å²) < 4.78 is 72.2. The third-order valence-corrected chi connectivity index (χ3v) is 17.8. The van der Waals surface area contributed by atoms with E-state index in [-0.39, 0.29) is 17.1 Å². The summed E-state index contributed by atoms with van der Waals surface area (Å²) in [6.45, 7) is 17.0. The number of halogens is 2. The van der Waals surface area contributed by atoms with E-state index in [0.29, 0.717) is 81.1 Å². The molecule has 2 aliphatic carbocycles. The van der Waals surface area contributed by atoms with Crippen LogP contribution < -0.4 is 10.9 Å². The minimum absolute atomic E-state index is 0.270. The molecule has 8 nitrogen and oxygen atoms in total. The second kappa shape index (κ2) is 19.4. The van der Waals surface area contributed by atoms with Crippen LogP contribution in [0.1, 0.15) is 206 Å². The van der Waals surface area contributed by atoms with E-state index in [1.165, 1.54) is 0 Å². The van der Waals surface area contributed by atoms with Crippen LogP contribution in [0.5, 0.6) is 0 Å². The Balaban J connectivity index is 1.48. The van der Waals surface area contributed by atoms with Gasteiger partial charge in [-0.15, -0.1) is 0 Å². The standard InChI is InChI=1S/C50H68B2F2N4O4Se2/c1-9-13-17-21-25-49(26-22-18-14-10-2)31-29-33(51(59)60)43-45(57-63-55-43)35(31)37-39(49)42(54)38-36-32(50(40(38)41(37)53,27-23-19-15-11-3)28-24-20-16-12-4)30-34(44-46(36)58-64-56-44)52-61-47(5,6)48(7,8)62-52/h29-30,59-60H,9-28H2,1-8H3. The molecule has 3 aromatic carbocycles. The van der Waals surface area contributed by atoms with Gasteiger partial charge in [-0.2, -0.15) is 0 Å². The normalized spacial score (nSPS) is 17.4. The third kappa shape index (κ3) is 7.97. The van der Waals surface area contributed by atoms with Gasteiger partial charge in [-0.25, -0.2) is 0 Å². The zero-order chi connectivity index (χ0) is 45.6. The van der Waals surface area contributed by atoms with Crippen LogP contribution in [-0.4, -0.2) is 81.3 Å². The number of aromatic nitrogens is 4. The molecular formula is C50H68B2F2N4O4Se2. The molecule has 0 spiro atoms. The number of fused-ring (bicyclic) bond motifs is 10. The molecule has 0 atom stereocenters. The van der Waals surface area contributed by atoms with Crippen LogP contribution >= 0.6 is 0 Å². The van der Waals surface area contributed by atoms with Crippen molar-refractivity contribution in [2.75, 3.05) is 0 Å². The molecular weight excluding hydrogens is 938 g/mol. The minimum atomic E-state index is -1.80. The van der Waals surface area contributed by atoms with Crippen LogP contribution in [-0.2, 0) is 20.1 Å². The van der Waals surface area contributed by atoms with Crippen LogP contribution in [0.4, 0.5) is 8.78 Å². The Labute approximate surface area is 393 Å². The molecule has 0 saturated carbocycles. The van der Waals surface area contributed by atoms with Crippen molar-refractivity contribution in [1.82, 2.24) is 15.9 Å². The molecule has 8 rings (SSSR count). The predicted octanol–water partition coefficient (Wildman–Crippen LogP) is 10.4. The van der Waals surface area contributed by atoms with Gasteiger partial charge in [0.05, 0.1) is 0 Å². The SMILES string of the molecule is CCCCCCC1(CCCCCC)c2cc(B(O)O)c3n[se]nc3c2-c2c(F)c3c(c(F)c21)-c1c(cc(B2OC(C)(C)C(C)(C)O2)c2n[se]nc12)C3(CCCCCC)CCCCCC. The molecule has 0 bridgehead atoms. The zero-order valence-corrected chi connectivity index (χ0v) is 42.9. The monoisotopic (exact) mass is 1010 g/mol. The first-order valence-electron chi connectivity index (χ1n) is 24.6.